The van der Waals surface area contributed by atoms with E-state index in [9.17, 15) is 27.6 Å². The Morgan fingerprint density at radius 3 is 2.15 bits per heavy atom. The molecule has 40 heavy (non-hydrogen) atoms. The summed E-state index contributed by atoms with van der Waals surface area (Å²) < 4.78 is 38.5. The molecule has 0 spiro atoms. The number of hydrogen-bond acceptors (Lipinski definition) is 4. The monoisotopic (exact) mass is 572 g/mol. The number of nitrogens with one attached hydrogen (secondary N) is 2. The van der Waals surface area contributed by atoms with Crippen LogP contribution < -0.4 is 10.6 Å². The predicted molar refractivity (Wildman–Crippen MR) is 150 cm³/mol. The number of alkyl halides is 3. The van der Waals surface area contributed by atoms with E-state index in [1.807, 2.05) is 24.3 Å². The Morgan fingerprint density at radius 1 is 0.925 bits per heavy atom. The average molecular weight is 573 g/mol. The second kappa shape index (κ2) is 13.0. The molecule has 1 unspecified atom stereocenters. The van der Waals surface area contributed by atoms with Crippen LogP contribution in [0.25, 0.3) is 0 Å². The Morgan fingerprint density at radius 2 is 1.57 bits per heavy atom. The van der Waals surface area contributed by atoms with Crippen LogP contribution >= 0.6 is 11.8 Å². The number of hydrogen-bond donors (Lipinski definition) is 3. The molecule has 0 saturated carbocycles. The molecule has 0 radical (unpaired) electrons. The third-order valence-electron chi connectivity index (χ3n) is 6.11. The molecule has 6 nitrogen and oxygen atoms in total. The number of halogens is 3. The van der Waals surface area contributed by atoms with Crippen LogP contribution in [0.4, 0.5) is 18.9 Å². The SMILES string of the molecule is CC(C)(C)c1ccc(C(Cc2ccc(C(=O)NCCC(=O)O)cc2)C(=O)Nc2cccc(SC(F)(F)F)c2)cc1. The number of carbonyl (C=O) groups excluding carboxylic acids is 2. The number of carboxylic acid groups (broad SMARTS) is 1. The zero-order valence-electron chi connectivity index (χ0n) is 22.3. The Hall–Kier alpha value is -3.79. The van der Waals surface area contributed by atoms with Gasteiger partial charge in [0.25, 0.3) is 5.91 Å². The summed E-state index contributed by atoms with van der Waals surface area (Å²) in [5.41, 5.74) is -1.34. The molecular weight excluding hydrogens is 541 g/mol. The molecule has 0 aliphatic rings. The highest BCUT2D eigenvalue weighted by Crippen LogP contribution is 2.37. The van der Waals surface area contributed by atoms with E-state index in [-0.39, 0.29) is 53.1 Å². The van der Waals surface area contributed by atoms with Crippen LogP contribution in [0.1, 0.15) is 60.2 Å². The van der Waals surface area contributed by atoms with Crippen LogP contribution in [0.5, 0.6) is 0 Å². The number of carboxylic acids is 1. The second-order valence-corrected chi connectivity index (χ2v) is 11.4. The summed E-state index contributed by atoms with van der Waals surface area (Å²) in [4.78, 5) is 36.4. The van der Waals surface area contributed by atoms with Crippen molar-refractivity contribution in [1.29, 1.82) is 0 Å². The van der Waals surface area contributed by atoms with Crippen molar-refractivity contribution in [2.45, 2.75) is 55.3 Å². The summed E-state index contributed by atoms with van der Waals surface area (Å²) in [6, 6.07) is 19.9. The molecule has 212 valence electrons. The average Bonchev–Trinajstić information content (AvgIpc) is 2.86. The lowest BCUT2D eigenvalue weighted by Crippen LogP contribution is -2.26. The van der Waals surface area contributed by atoms with Crippen molar-refractivity contribution in [3.05, 3.63) is 95.1 Å². The van der Waals surface area contributed by atoms with Crippen LogP contribution in [-0.2, 0) is 21.4 Å². The van der Waals surface area contributed by atoms with Crippen molar-refractivity contribution < 1.29 is 32.7 Å². The Bertz CT molecular complexity index is 1330. The largest absolute Gasteiger partial charge is 0.481 e. The molecule has 0 aliphatic heterocycles. The lowest BCUT2D eigenvalue weighted by molar-refractivity contribution is -0.136. The van der Waals surface area contributed by atoms with Gasteiger partial charge in [0.2, 0.25) is 5.91 Å². The number of rotatable bonds is 10. The molecule has 0 aliphatic carbocycles. The fourth-order valence-corrected chi connectivity index (χ4v) is 4.59. The Balaban J connectivity index is 1.83. The number of benzene rings is 3. The number of anilines is 1. The third kappa shape index (κ3) is 9.44. The van der Waals surface area contributed by atoms with Gasteiger partial charge in [0.05, 0.1) is 12.3 Å². The highest BCUT2D eigenvalue weighted by molar-refractivity contribution is 8.00. The van der Waals surface area contributed by atoms with E-state index < -0.39 is 23.3 Å². The van der Waals surface area contributed by atoms with Gasteiger partial charge in [-0.3, -0.25) is 14.4 Å². The quantitative estimate of drug-likeness (QED) is 0.233. The lowest BCUT2D eigenvalue weighted by atomic mass is 9.84. The molecule has 0 aromatic heterocycles. The van der Waals surface area contributed by atoms with E-state index in [1.165, 1.54) is 24.3 Å². The van der Waals surface area contributed by atoms with Crippen molar-refractivity contribution in [2.24, 2.45) is 0 Å². The molecular formula is C30H31F3N2O4S. The molecule has 0 bridgehead atoms. The van der Waals surface area contributed by atoms with Crippen LogP contribution in [-0.4, -0.2) is 34.9 Å². The molecule has 3 aromatic carbocycles. The standard InChI is InChI=1S/C30H31F3N2O4S/c1-29(2,3)22-13-11-20(12-14-22)25(28(39)35-23-5-4-6-24(18-23)40-30(31,32)33)17-19-7-9-21(10-8-19)27(38)34-16-15-26(36)37/h4-14,18,25H,15-17H2,1-3H3,(H,34,38)(H,35,39)(H,36,37). The molecule has 3 N–H and O–H groups in total. The van der Waals surface area contributed by atoms with E-state index in [0.717, 1.165) is 16.7 Å². The first-order chi connectivity index (χ1) is 18.7. The smallest absolute Gasteiger partial charge is 0.446 e. The minimum absolute atomic E-state index is 0.00536. The summed E-state index contributed by atoms with van der Waals surface area (Å²) in [5.74, 6) is -2.46. The topological polar surface area (TPSA) is 95.5 Å². The summed E-state index contributed by atoms with van der Waals surface area (Å²) in [6.45, 7) is 6.25. The minimum atomic E-state index is -4.45. The van der Waals surface area contributed by atoms with Gasteiger partial charge in [-0.15, -0.1) is 0 Å². The first-order valence-electron chi connectivity index (χ1n) is 12.6. The summed E-state index contributed by atoms with van der Waals surface area (Å²) in [6.07, 6.45) is 0.0883. The van der Waals surface area contributed by atoms with E-state index in [4.69, 9.17) is 5.11 Å². The lowest BCUT2D eigenvalue weighted by Gasteiger charge is -2.22. The maximum atomic E-state index is 13.5. The van der Waals surface area contributed by atoms with Gasteiger partial charge >= 0.3 is 11.5 Å². The highest BCUT2D eigenvalue weighted by atomic mass is 32.2. The first-order valence-corrected chi connectivity index (χ1v) is 13.4. The van der Waals surface area contributed by atoms with Crippen LogP contribution in [0, 0.1) is 0 Å². The van der Waals surface area contributed by atoms with Crippen molar-refractivity contribution in [2.75, 3.05) is 11.9 Å². The number of aliphatic carboxylic acids is 1. The van der Waals surface area contributed by atoms with E-state index in [0.29, 0.717) is 5.56 Å². The van der Waals surface area contributed by atoms with Gasteiger partial charge in [-0.1, -0.05) is 63.2 Å². The van der Waals surface area contributed by atoms with E-state index >= 15 is 0 Å². The molecule has 3 rings (SSSR count). The van der Waals surface area contributed by atoms with Gasteiger partial charge in [0.1, 0.15) is 0 Å². The normalized spacial score (nSPS) is 12.4. The molecule has 0 heterocycles. The summed E-state index contributed by atoms with van der Waals surface area (Å²) in [5, 5.41) is 14.0. The fourth-order valence-electron chi connectivity index (χ4n) is 3.99. The van der Waals surface area contributed by atoms with Crippen molar-refractivity contribution in [1.82, 2.24) is 5.32 Å². The first kappa shape index (κ1) is 30.7. The van der Waals surface area contributed by atoms with Gasteiger partial charge in [-0.05, 0) is 70.6 Å². The van der Waals surface area contributed by atoms with Gasteiger partial charge in [-0.25, -0.2) is 0 Å². The van der Waals surface area contributed by atoms with Crippen LogP contribution in [0.15, 0.2) is 77.7 Å². The van der Waals surface area contributed by atoms with Gasteiger partial charge < -0.3 is 15.7 Å². The van der Waals surface area contributed by atoms with E-state index in [1.54, 1.807) is 24.3 Å². The maximum absolute atomic E-state index is 13.5. The Labute approximate surface area is 235 Å². The molecule has 0 fully saturated rings. The van der Waals surface area contributed by atoms with Gasteiger partial charge in [0, 0.05) is 22.7 Å². The highest BCUT2D eigenvalue weighted by Gasteiger charge is 2.29. The third-order valence-corrected chi connectivity index (χ3v) is 6.83. The molecule has 10 heteroatoms. The van der Waals surface area contributed by atoms with Crippen LogP contribution in [0.2, 0.25) is 0 Å². The zero-order chi connectivity index (χ0) is 29.5. The summed E-state index contributed by atoms with van der Waals surface area (Å²) >= 11 is -0.250. The predicted octanol–water partition coefficient (Wildman–Crippen LogP) is 6.77. The van der Waals surface area contributed by atoms with Gasteiger partial charge in [-0.2, -0.15) is 13.2 Å². The van der Waals surface area contributed by atoms with Crippen molar-refractivity contribution >= 4 is 35.2 Å². The second-order valence-electron chi connectivity index (χ2n) is 10.3. The fraction of sp³-hybridized carbons (Fsp3) is 0.300. The van der Waals surface area contributed by atoms with Crippen molar-refractivity contribution in [3.63, 3.8) is 0 Å². The van der Waals surface area contributed by atoms with Crippen LogP contribution in [0.3, 0.4) is 0 Å². The maximum Gasteiger partial charge on any atom is 0.446 e. The number of carbonyl (C=O) groups is 3. The molecule has 3 aromatic rings. The zero-order valence-corrected chi connectivity index (χ0v) is 23.2. The van der Waals surface area contributed by atoms with E-state index in [2.05, 4.69) is 31.4 Å². The Kier molecular flexibility index (Phi) is 10.0. The molecule has 0 saturated heterocycles. The minimum Gasteiger partial charge on any atom is -0.481 e. The van der Waals surface area contributed by atoms with Crippen molar-refractivity contribution in [3.8, 4) is 0 Å². The molecule has 2 amide bonds. The summed E-state index contributed by atoms with van der Waals surface area (Å²) in [7, 11) is 0. The number of thioether (sulfide) groups is 1. The van der Waals surface area contributed by atoms with Gasteiger partial charge in [0.15, 0.2) is 0 Å². The molecule has 1 atom stereocenters. The number of amides is 2.